The molecule has 170 valence electrons. The Kier molecular flexibility index (Phi) is 6.85. The van der Waals surface area contributed by atoms with Crippen LogP contribution in [0, 0.1) is 13.8 Å². The first-order valence-electron chi connectivity index (χ1n) is 10.3. The molecule has 32 heavy (non-hydrogen) atoms. The van der Waals surface area contributed by atoms with E-state index in [1.165, 1.54) is 0 Å². The molecule has 0 spiro atoms. The van der Waals surface area contributed by atoms with Crippen molar-refractivity contribution >= 4 is 21.7 Å². The van der Waals surface area contributed by atoms with E-state index in [1.807, 2.05) is 65.0 Å². The van der Waals surface area contributed by atoms with Crippen molar-refractivity contribution in [2.24, 2.45) is 0 Å². The number of aromatic nitrogens is 2. The van der Waals surface area contributed by atoms with E-state index in [9.17, 15) is 8.42 Å². The van der Waals surface area contributed by atoms with Gasteiger partial charge in [0.1, 0.15) is 5.75 Å². The van der Waals surface area contributed by atoms with Crippen LogP contribution in [0.1, 0.15) is 43.3 Å². The van der Waals surface area contributed by atoms with Crippen LogP contribution >= 0.6 is 0 Å². The van der Waals surface area contributed by atoms with Crippen LogP contribution in [0.2, 0.25) is 0 Å². The first-order valence-corrected chi connectivity index (χ1v) is 11.8. The Bertz CT molecular complexity index is 1200. The van der Waals surface area contributed by atoms with Gasteiger partial charge < -0.3 is 10.1 Å². The molecule has 0 unspecified atom stereocenters. The maximum Gasteiger partial charge on any atom is 0.241 e. The van der Waals surface area contributed by atoms with E-state index in [2.05, 4.69) is 15.0 Å². The molecule has 0 bridgehead atoms. The summed E-state index contributed by atoms with van der Waals surface area (Å²) in [6, 6.07) is 14.5. The zero-order valence-electron chi connectivity index (χ0n) is 19.4. The van der Waals surface area contributed by atoms with Crippen molar-refractivity contribution in [3.05, 3.63) is 71.0 Å². The summed E-state index contributed by atoms with van der Waals surface area (Å²) in [5, 5.41) is 3.23. The second kappa shape index (κ2) is 9.26. The Hall–Kier alpha value is -2.97. The fourth-order valence-corrected chi connectivity index (χ4v) is 4.69. The second-order valence-electron chi connectivity index (χ2n) is 8.74. The number of methoxy groups -OCH3 is 1. The topological polar surface area (TPSA) is 93.2 Å². The highest BCUT2D eigenvalue weighted by Crippen LogP contribution is 2.22. The Balaban J connectivity index is 1.87. The van der Waals surface area contributed by atoms with E-state index in [-0.39, 0.29) is 4.90 Å². The molecule has 0 aliphatic rings. The zero-order valence-corrected chi connectivity index (χ0v) is 20.2. The van der Waals surface area contributed by atoms with Crippen molar-refractivity contribution in [2.75, 3.05) is 12.4 Å². The molecule has 1 heterocycles. The molecular weight excluding hydrogens is 424 g/mol. The van der Waals surface area contributed by atoms with Gasteiger partial charge in [0.2, 0.25) is 16.0 Å². The van der Waals surface area contributed by atoms with E-state index in [1.54, 1.807) is 25.3 Å². The summed E-state index contributed by atoms with van der Waals surface area (Å²) in [7, 11) is -1.99. The molecule has 2 aromatic carbocycles. The number of benzene rings is 2. The van der Waals surface area contributed by atoms with Crippen LogP contribution < -0.4 is 14.8 Å². The third kappa shape index (κ3) is 6.05. The van der Waals surface area contributed by atoms with Gasteiger partial charge in [0.15, 0.2) is 0 Å². The van der Waals surface area contributed by atoms with Crippen LogP contribution in [0.3, 0.4) is 0 Å². The highest BCUT2D eigenvalue weighted by molar-refractivity contribution is 7.89. The summed E-state index contributed by atoms with van der Waals surface area (Å²) >= 11 is 0. The minimum Gasteiger partial charge on any atom is -0.497 e. The van der Waals surface area contributed by atoms with E-state index in [0.29, 0.717) is 12.4 Å². The summed E-state index contributed by atoms with van der Waals surface area (Å²) in [6.45, 7) is 9.37. The predicted octanol–water partition coefficient (Wildman–Crippen LogP) is 4.51. The molecular formula is C24H30N4O3S. The molecule has 0 radical (unpaired) electrons. The fraction of sp³-hybridized carbons (Fsp3) is 0.333. The standard InChI is InChI=1S/C24H30N4O3S/c1-16-17(2)25-23(26-19-10-12-20(31-6)13-11-19)27-22(16)15-18-8-7-9-21(14-18)32(29,30)28-24(3,4)5/h7-14,28H,15H2,1-6H3,(H,25,26,27). The lowest BCUT2D eigenvalue weighted by atomic mass is 10.1. The van der Waals surface area contributed by atoms with Crippen molar-refractivity contribution in [1.29, 1.82) is 0 Å². The van der Waals surface area contributed by atoms with E-state index in [0.717, 1.165) is 34.0 Å². The van der Waals surface area contributed by atoms with Gasteiger partial charge >= 0.3 is 0 Å². The molecule has 0 saturated carbocycles. The number of anilines is 2. The van der Waals surface area contributed by atoms with Crippen molar-refractivity contribution in [3.63, 3.8) is 0 Å². The number of aryl methyl sites for hydroxylation is 1. The molecule has 2 N–H and O–H groups in total. The van der Waals surface area contributed by atoms with Crippen LogP contribution in [0.4, 0.5) is 11.6 Å². The Morgan fingerprint density at radius 1 is 1.00 bits per heavy atom. The Morgan fingerprint density at radius 3 is 2.31 bits per heavy atom. The molecule has 0 saturated heterocycles. The van der Waals surface area contributed by atoms with Crippen molar-refractivity contribution in [3.8, 4) is 5.75 Å². The predicted molar refractivity (Wildman–Crippen MR) is 127 cm³/mol. The number of ether oxygens (including phenoxy) is 1. The molecule has 7 nitrogen and oxygen atoms in total. The monoisotopic (exact) mass is 454 g/mol. The maximum atomic E-state index is 12.7. The van der Waals surface area contributed by atoms with Gasteiger partial charge in [-0.15, -0.1) is 0 Å². The maximum absolute atomic E-state index is 12.7. The first-order chi connectivity index (χ1) is 15.0. The average Bonchev–Trinajstić information content (AvgIpc) is 2.71. The van der Waals surface area contributed by atoms with Gasteiger partial charge in [-0.25, -0.2) is 23.1 Å². The quantitative estimate of drug-likeness (QED) is 0.545. The SMILES string of the molecule is COc1ccc(Nc2nc(C)c(C)c(Cc3cccc(S(=O)(=O)NC(C)(C)C)c3)n2)cc1. The molecule has 0 fully saturated rings. The minimum atomic E-state index is -3.61. The van der Waals surface area contributed by atoms with Gasteiger partial charge in [-0.2, -0.15) is 0 Å². The third-order valence-corrected chi connectivity index (χ3v) is 6.61. The molecule has 3 aromatic rings. The van der Waals surface area contributed by atoms with Gasteiger partial charge in [0, 0.05) is 23.3 Å². The van der Waals surface area contributed by atoms with Crippen molar-refractivity contribution in [1.82, 2.24) is 14.7 Å². The highest BCUT2D eigenvalue weighted by Gasteiger charge is 2.22. The molecule has 1 aromatic heterocycles. The summed E-state index contributed by atoms with van der Waals surface area (Å²) in [4.78, 5) is 9.49. The lowest BCUT2D eigenvalue weighted by Crippen LogP contribution is -2.40. The van der Waals surface area contributed by atoms with Gasteiger partial charge in [-0.3, -0.25) is 0 Å². The Morgan fingerprint density at radius 2 is 1.69 bits per heavy atom. The second-order valence-corrected chi connectivity index (χ2v) is 10.4. The Labute approximate surface area is 190 Å². The summed E-state index contributed by atoms with van der Waals surface area (Å²) in [5.41, 5.74) is 3.83. The number of rotatable bonds is 7. The van der Waals surface area contributed by atoms with E-state index >= 15 is 0 Å². The third-order valence-electron chi connectivity index (χ3n) is 4.86. The molecule has 0 amide bonds. The lowest BCUT2D eigenvalue weighted by Gasteiger charge is -2.20. The minimum absolute atomic E-state index is 0.241. The van der Waals surface area contributed by atoms with Gasteiger partial charge in [-0.1, -0.05) is 12.1 Å². The summed E-state index contributed by atoms with van der Waals surface area (Å²) in [6.07, 6.45) is 0.491. The van der Waals surface area contributed by atoms with Gasteiger partial charge in [-0.05, 0) is 82.1 Å². The van der Waals surface area contributed by atoms with Crippen molar-refractivity contribution < 1.29 is 13.2 Å². The van der Waals surface area contributed by atoms with E-state index < -0.39 is 15.6 Å². The number of nitrogens with zero attached hydrogens (tertiary/aromatic N) is 2. The molecule has 0 aliphatic carbocycles. The van der Waals surface area contributed by atoms with Crippen LogP contribution in [0.25, 0.3) is 0 Å². The smallest absolute Gasteiger partial charge is 0.241 e. The number of hydrogen-bond acceptors (Lipinski definition) is 6. The van der Waals surface area contributed by atoms with Gasteiger partial charge in [0.05, 0.1) is 17.7 Å². The summed E-state index contributed by atoms with van der Waals surface area (Å²) in [5.74, 6) is 1.26. The number of sulfonamides is 1. The average molecular weight is 455 g/mol. The van der Waals surface area contributed by atoms with Gasteiger partial charge in [0.25, 0.3) is 0 Å². The van der Waals surface area contributed by atoms with E-state index in [4.69, 9.17) is 9.72 Å². The van der Waals surface area contributed by atoms with Crippen LogP contribution in [0.5, 0.6) is 5.75 Å². The van der Waals surface area contributed by atoms with Crippen LogP contribution in [-0.4, -0.2) is 31.0 Å². The van der Waals surface area contributed by atoms with Crippen LogP contribution in [-0.2, 0) is 16.4 Å². The van der Waals surface area contributed by atoms with Crippen molar-refractivity contribution in [2.45, 2.75) is 51.5 Å². The van der Waals surface area contributed by atoms with Crippen LogP contribution in [0.15, 0.2) is 53.4 Å². The highest BCUT2D eigenvalue weighted by atomic mass is 32.2. The number of hydrogen-bond donors (Lipinski definition) is 2. The fourth-order valence-electron chi connectivity index (χ4n) is 3.20. The normalized spacial score (nSPS) is 11.9. The molecule has 3 rings (SSSR count). The molecule has 0 atom stereocenters. The zero-order chi connectivity index (χ0) is 23.5. The molecule has 8 heteroatoms. The largest absolute Gasteiger partial charge is 0.497 e. The first kappa shape index (κ1) is 23.7. The lowest BCUT2D eigenvalue weighted by molar-refractivity contribution is 0.415. The molecule has 0 aliphatic heterocycles. The number of nitrogens with one attached hydrogen (secondary N) is 2. The summed E-state index contributed by atoms with van der Waals surface area (Å²) < 4.78 is 33.3.